The summed E-state index contributed by atoms with van der Waals surface area (Å²) < 4.78 is 5.91. The van der Waals surface area contributed by atoms with Gasteiger partial charge in [0.05, 0.1) is 6.61 Å². The van der Waals surface area contributed by atoms with E-state index in [1.165, 1.54) is 25.7 Å². The molecule has 0 saturated heterocycles. The van der Waals surface area contributed by atoms with Crippen molar-refractivity contribution in [3.05, 3.63) is 29.8 Å². The molecule has 0 aliphatic heterocycles. The first-order valence-electron chi connectivity index (χ1n) is 7.01. The van der Waals surface area contributed by atoms with Crippen molar-refractivity contribution >= 4 is 21.7 Å². The van der Waals surface area contributed by atoms with Crippen LogP contribution in [-0.2, 0) is 0 Å². The molecule has 104 valence electrons. The molecule has 0 N–H and O–H groups in total. The quantitative estimate of drug-likeness (QED) is 0.564. The second-order valence-corrected chi connectivity index (χ2v) is 5.99. The van der Waals surface area contributed by atoms with Crippen LogP contribution >= 0.6 is 15.9 Å². The Morgan fingerprint density at radius 2 is 1.89 bits per heavy atom. The lowest BCUT2D eigenvalue weighted by atomic mass is 9.90. The molecule has 0 radical (unpaired) electrons. The highest BCUT2D eigenvalue weighted by Crippen LogP contribution is 2.39. The molecule has 1 fully saturated rings. The van der Waals surface area contributed by atoms with Gasteiger partial charge in [0, 0.05) is 22.7 Å². The zero-order chi connectivity index (χ0) is 13.7. The van der Waals surface area contributed by atoms with Crippen LogP contribution in [0.1, 0.15) is 49.4 Å². The molecule has 1 aromatic carbocycles. The zero-order valence-electron chi connectivity index (χ0n) is 11.5. The first-order valence-corrected chi connectivity index (χ1v) is 8.13. The highest BCUT2D eigenvalue weighted by atomic mass is 79.9. The highest BCUT2D eigenvalue weighted by Gasteiger charge is 2.33. The van der Waals surface area contributed by atoms with Gasteiger partial charge < -0.3 is 4.74 Å². The summed E-state index contributed by atoms with van der Waals surface area (Å²) in [5.74, 6) is 1.04. The summed E-state index contributed by atoms with van der Waals surface area (Å²) in [5, 5.41) is 1.01. The molecule has 1 aliphatic carbocycles. The molecule has 0 unspecified atom stereocenters. The lowest BCUT2D eigenvalue weighted by Crippen LogP contribution is -2.26. The lowest BCUT2D eigenvalue weighted by molar-refractivity contribution is 0.0988. The van der Waals surface area contributed by atoms with Crippen LogP contribution in [0.5, 0.6) is 5.75 Å². The summed E-state index contributed by atoms with van der Waals surface area (Å²) in [6.07, 6.45) is 5.64. The third-order valence-corrected chi connectivity index (χ3v) is 5.18. The van der Waals surface area contributed by atoms with Crippen molar-refractivity contribution in [2.45, 2.75) is 39.0 Å². The average molecular weight is 325 g/mol. The standard InChI is InChI=1S/C16H21BrO2/c1-2-15(18)13-5-7-14(8-6-13)19-12-16(11-17)9-3-4-10-16/h5-8H,2-4,9-12H2,1H3. The summed E-state index contributed by atoms with van der Waals surface area (Å²) in [4.78, 5) is 11.5. The van der Waals surface area contributed by atoms with Gasteiger partial charge in [-0.15, -0.1) is 0 Å². The Morgan fingerprint density at radius 1 is 1.26 bits per heavy atom. The van der Waals surface area contributed by atoms with Crippen LogP contribution in [0.2, 0.25) is 0 Å². The number of hydrogen-bond donors (Lipinski definition) is 0. The normalized spacial score (nSPS) is 17.4. The maximum atomic E-state index is 11.5. The van der Waals surface area contributed by atoms with E-state index in [0.717, 1.165) is 23.2 Å². The second-order valence-electron chi connectivity index (χ2n) is 5.43. The molecule has 0 spiro atoms. The van der Waals surface area contributed by atoms with Crippen LogP contribution in [0.4, 0.5) is 0 Å². The fourth-order valence-electron chi connectivity index (χ4n) is 2.62. The van der Waals surface area contributed by atoms with Crippen molar-refractivity contribution in [3.8, 4) is 5.75 Å². The Balaban J connectivity index is 1.94. The van der Waals surface area contributed by atoms with Crippen LogP contribution in [0.25, 0.3) is 0 Å². The minimum Gasteiger partial charge on any atom is -0.493 e. The van der Waals surface area contributed by atoms with Gasteiger partial charge in [0.1, 0.15) is 5.75 Å². The molecule has 1 aromatic rings. The number of carbonyl (C=O) groups excluding carboxylic acids is 1. The van der Waals surface area contributed by atoms with Crippen LogP contribution in [0, 0.1) is 5.41 Å². The van der Waals surface area contributed by atoms with Crippen molar-refractivity contribution in [3.63, 3.8) is 0 Å². The Hall–Kier alpha value is -0.830. The Kier molecular flexibility index (Phi) is 5.03. The number of carbonyl (C=O) groups is 1. The number of hydrogen-bond acceptors (Lipinski definition) is 2. The minimum atomic E-state index is 0.180. The molecule has 2 rings (SSSR count). The molecule has 1 aliphatic rings. The molecule has 0 aromatic heterocycles. The average Bonchev–Trinajstić information content (AvgIpc) is 2.94. The third-order valence-electron chi connectivity index (χ3n) is 3.99. The molecule has 0 amide bonds. The number of ketones is 1. The largest absolute Gasteiger partial charge is 0.493 e. The van der Waals surface area contributed by atoms with Crippen LogP contribution in [-0.4, -0.2) is 17.7 Å². The van der Waals surface area contributed by atoms with E-state index in [4.69, 9.17) is 4.74 Å². The summed E-state index contributed by atoms with van der Waals surface area (Å²) in [6, 6.07) is 7.52. The van der Waals surface area contributed by atoms with Gasteiger partial charge in [-0.1, -0.05) is 35.7 Å². The first kappa shape index (κ1) is 14.6. The molecule has 3 heteroatoms. The van der Waals surface area contributed by atoms with Crippen molar-refractivity contribution in [2.75, 3.05) is 11.9 Å². The molecule has 0 bridgehead atoms. The van der Waals surface area contributed by atoms with E-state index < -0.39 is 0 Å². The van der Waals surface area contributed by atoms with Crippen molar-refractivity contribution in [1.29, 1.82) is 0 Å². The number of Topliss-reactive ketones (excluding diaryl/α,β-unsaturated/α-hetero) is 1. The molecule has 19 heavy (non-hydrogen) atoms. The SMILES string of the molecule is CCC(=O)c1ccc(OCC2(CBr)CCCC2)cc1. The summed E-state index contributed by atoms with van der Waals surface area (Å²) in [5.41, 5.74) is 1.07. The van der Waals surface area contributed by atoms with E-state index in [1.54, 1.807) is 0 Å². The Labute approximate surface area is 123 Å². The smallest absolute Gasteiger partial charge is 0.162 e. The maximum Gasteiger partial charge on any atom is 0.162 e. The predicted octanol–water partition coefficient (Wildman–Crippen LogP) is 4.61. The summed E-state index contributed by atoms with van der Waals surface area (Å²) >= 11 is 3.62. The van der Waals surface area contributed by atoms with Crippen molar-refractivity contribution in [2.24, 2.45) is 5.41 Å². The zero-order valence-corrected chi connectivity index (χ0v) is 13.0. The van der Waals surface area contributed by atoms with E-state index in [9.17, 15) is 4.79 Å². The summed E-state index contributed by atoms with van der Waals surface area (Å²) in [7, 11) is 0. The predicted molar refractivity (Wildman–Crippen MR) is 81.3 cm³/mol. The van der Waals surface area contributed by atoms with Gasteiger partial charge in [0.2, 0.25) is 0 Å². The van der Waals surface area contributed by atoms with Gasteiger partial charge in [-0.05, 0) is 37.1 Å². The van der Waals surface area contributed by atoms with Gasteiger partial charge in [0.15, 0.2) is 5.78 Å². The van der Waals surface area contributed by atoms with E-state index in [1.807, 2.05) is 31.2 Å². The molecule has 0 atom stereocenters. The Morgan fingerprint density at radius 3 is 2.42 bits per heavy atom. The number of ether oxygens (including phenoxy) is 1. The van der Waals surface area contributed by atoms with Gasteiger partial charge in [-0.2, -0.15) is 0 Å². The van der Waals surface area contributed by atoms with E-state index in [-0.39, 0.29) is 5.78 Å². The fraction of sp³-hybridized carbons (Fsp3) is 0.562. The van der Waals surface area contributed by atoms with Gasteiger partial charge in [-0.3, -0.25) is 4.79 Å². The maximum absolute atomic E-state index is 11.5. The molecular formula is C16H21BrO2. The molecule has 1 saturated carbocycles. The van der Waals surface area contributed by atoms with Crippen LogP contribution in [0.15, 0.2) is 24.3 Å². The van der Waals surface area contributed by atoms with E-state index in [0.29, 0.717) is 11.8 Å². The van der Waals surface area contributed by atoms with Crippen molar-refractivity contribution in [1.82, 2.24) is 0 Å². The number of halogens is 1. The van der Waals surface area contributed by atoms with Crippen LogP contribution < -0.4 is 4.74 Å². The highest BCUT2D eigenvalue weighted by molar-refractivity contribution is 9.09. The van der Waals surface area contributed by atoms with E-state index in [2.05, 4.69) is 15.9 Å². The Bertz CT molecular complexity index is 419. The van der Waals surface area contributed by atoms with Crippen LogP contribution in [0.3, 0.4) is 0 Å². The molecular weight excluding hydrogens is 304 g/mol. The van der Waals surface area contributed by atoms with Gasteiger partial charge in [0.25, 0.3) is 0 Å². The topological polar surface area (TPSA) is 26.3 Å². The van der Waals surface area contributed by atoms with Crippen molar-refractivity contribution < 1.29 is 9.53 Å². The number of rotatable bonds is 6. The monoisotopic (exact) mass is 324 g/mol. The molecule has 2 nitrogen and oxygen atoms in total. The number of alkyl halides is 1. The summed E-state index contributed by atoms with van der Waals surface area (Å²) in [6.45, 7) is 2.64. The lowest BCUT2D eigenvalue weighted by Gasteiger charge is -2.26. The third kappa shape index (κ3) is 3.59. The first-order chi connectivity index (χ1) is 9.19. The minimum absolute atomic E-state index is 0.180. The van der Waals surface area contributed by atoms with E-state index >= 15 is 0 Å². The second kappa shape index (κ2) is 6.56. The van der Waals surface area contributed by atoms with Gasteiger partial charge in [-0.25, -0.2) is 0 Å². The van der Waals surface area contributed by atoms with Gasteiger partial charge >= 0.3 is 0 Å². The number of benzene rings is 1. The molecule has 0 heterocycles. The fourth-order valence-corrected chi connectivity index (χ4v) is 3.34.